The molecule has 2 N–H and O–H groups in total. The van der Waals surface area contributed by atoms with Crippen molar-refractivity contribution in [1.29, 1.82) is 5.26 Å². The first kappa shape index (κ1) is 14.9. The van der Waals surface area contributed by atoms with Crippen molar-refractivity contribution in [3.63, 3.8) is 0 Å². The molecule has 1 aromatic heterocycles. The van der Waals surface area contributed by atoms with Gasteiger partial charge in [-0.2, -0.15) is 5.26 Å². The third-order valence-corrected chi connectivity index (χ3v) is 4.53. The number of fused-ring (bicyclic) bond motifs is 3. The van der Waals surface area contributed by atoms with E-state index in [1.807, 2.05) is 6.92 Å². The van der Waals surface area contributed by atoms with Gasteiger partial charge in [0.1, 0.15) is 11.7 Å². The molecule has 0 aliphatic carbocycles. The number of benzene rings is 1. The van der Waals surface area contributed by atoms with E-state index in [2.05, 4.69) is 11.1 Å². The quantitative estimate of drug-likeness (QED) is 0.889. The van der Waals surface area contributed by atoms with Crippen LogP contribution in [0.15, 0.2) is 6.07 Å². The average molecular weight is 319 g/mol. The van der Waals surface area contributed by atoms with Crippen molar-refractivity contribution in [2.75, 3.05) is 6.61 Å². The molecule has 114 valence electrons. The van der Waals surface area contributed by atoms with Crippen molar-refractivity contribution in [1.82, 2.24) is 4.98 Å². The number of nitrogens with one attached hydrogen (secondary N) is 1. The minimum absolute atomic E-state index is 0.148. The van der Waals surface area contributed by atoms with Gasteiger partial charge in [-0.1, -0.05) is 11.6 Å². The van der Waals surface area contributed by atoms with Crippen molar-refractivity contribution in [2.45, 2.75) is 32.3 Å². The molecule has 22 heavy (non-hydrogen) atoms. The molecule has 0 fully saturated rings. The Morgan fingerprint density at radius 2 is 2.36 bits per heavy atom. The fourth-order valence-electron chi connectivity index (χ4n) is 3.25. The van der Waals surface area contributed by atoms with Crippen LogP contribution in [0.4, 0.5) is 0 Å². The normalized spacial score (nSPS) is 20.6. The third kappa shape index (κ3) is 2.07. The highest BCUT2D eigenvalue weighted by Crippen LogP contribution is 2.42. The molecular weight excluding hydrogens is 304 g/mol. The zero-order chi connectivity index (χ0) is 16.1. The number of rotatable bonds is 2. The van der Waals surface area contributed by atoms with Crippen LogP contribution in [0.5, 0.6) is 0 Å². The van der Waals surface area contributed by atoms with Crippen LogP contribution in [0.25, 0.3) is 10.9 Å². The summed E-state index contributed by atoms with van der Waals surface area (Å²) in [6, 6.07) is 3.98. The Balaban J connectivity index is 2.35. The van der Waals surface area contributed by atoms with E-state index >= 15 is 0 Å². The lowest BCUT2D eigenvalue weighted by molar-refractivity contribution is -0.146. The van der Waals surface area contributed by atoms with E-state index in [0.29, 0.717) is 34.8 Å². The van der Waals surface area contributed by atoms with Crippen LogP contribution >= 0.6 is 11.6 Å². The van der Waals surface area contributed by atoms with Crippen molar-refractivity contribution >= 4 is 28.5 Å². The Morgan fingerprint density at radius 1 is 1.64 bits per heavy atom. The predicted molar refractivity (Wildman–Crippen MR) is 82.0 cm³/mol. The van der Waals surface area contributed by atoms with Crippen molar-refractivity contribution in [2.24, 2.45) is 0 Å². The van der Waals surface area contributed by atoms with Crippen molar-refractivity contribution in [3.8, 4) is 6.07 Å². The molecule has 0 amide bonds. The van der Waals surface area contributed by atoms with E-state index in [-0.39, 0.29) is 6.42 Å². The first-order chi connectivity index (χ1) is 10.4. The summed E-state index contributed by atoms with van der Waals surface area (Å²) < 4.78 is 5.74. The molecule has 0 saturated carbocycles. The number of carbonyl (C=O) groups is 1. The summed E-state index contributed by atoms with van der Waals surface area (Å²) in [4.78, 5) is 14.4. The molecule has 1 atom stereocenters. The van der Waals surface area contributed by atoms with E-state index < -0.39 is 11.6 Å². The van der Waals surface area contributed by atoms with Crippen LogP contribution in [-0.4, -0.2) is 22.7 Å². The zero-order valence-corrected chi connectivity index (χ0v) is 13.0. The largest absolute Gasteiger partial charge is 0.481 e. The molecule has 5 nitrogen and oxygen atoms in total. The maximum atomic E-state index is 11.2. The maximum Gasteiger partial charge on any atom is 0.306 e. The number of hydrogen-bond acceptors (Lipinski definition) is 3. The molecule has 0 saturated heterocycles. The summed E-state index contributed by atoms with van der Waals surface area (Å²) in [6.45, 7) is 4.01. The van der Waals surface area contributed by atoms with Gasteiger partial charge >= 0.3 is 5.97 Å². The predicted octanol–water partition coefficient (Wildman–Crippen LogP) is 3.26. The van der Waals surface area contributed by atoms with Gasteiger partial charge in [-0.25, -0.2) is 0 Å². The number of halogens is 1. The van der Waals surface area contributed by atoms with Gasteiger partial charge in [0.15, 0.2) is 0 Å². The summed E-state index contributed by atoms with van der Waals surface area (Å²) in [5.41, 5.74) is 2.77. The number of carboxylic acids is 1. The fraction of sp³-hybridized carbons (Fsp3) is 0.375. The number of aliphatic carboxylic acids is 1. The molecule has 1 aromatic carbocycles. The number of carboxylic acid groups (broad SMARTS) is 1. The lowest BCUT2D eigenvalue weighted by Gasteiger charge is -2.32. The van der Waals surface area contributed by atoms with Gasteiger partial charge < -0.3 is 14.8 Å². The van der Waals surface area contributed by atoms with Gasteiger partial charge in [-0.3, -0.25) is 4.79 Å². The molecule has 1 unspecified atom stereocenters. The standard InChI is InChI=1S/C16H15ClN2O3/c1-8-5-11(17)14-13(10(8)7-18)9-3-4-22-16(2,6-12(20)21)15(9)19-14/h5,19H,3-4,6H2,1-2H3,(H,20,21). The lowest BCUT2D eigenvalue weighted by Crippen LogP contribution is -2.34. The number of nitriles is 1. The number of hydrogen-bond donors (Lipinski definition) is 2. The number of nitrogens with zero attached hydrogens (tertiary/aromatic N) is 1. The SMILES string of the molecule is Cc1cc(Cl)c2[nH]c3c(c2c1C#N)CCOC3(C)CC(=O)O. The van der Waals surface area contributed by atoms with Gasteiger partial charge in [0.2, 0.25) is 0 Å². The molecule has 0 bridgehead atoms. The van der Waals surface area contributed by atoms with Gasteiger partial charge in [-0.15, -0.1) is 0 Å². The topological polar surface area (TPSA) is 86.1 Å². The van der Waals surface area contributed by atoms with Gasteiger partial charge in [0, 0.05) is 5.39 Å². The minimum Gasteiger partial charge on any atom is -0.481 e. The molecule has 6 heteroatoms. The van der Waals surface area contributed by atoms with Crippen LogP contribution in [0.3, 0.4) is 0 Å². The molecule has 3 rings (SSSR count). The summed E-state index contributed by atoms with van der Waals surface area (Å²) in [6.07, 6.45) is 0.477. The Morgan fingerprint density at radius 3 is 3.00 bits per heavy atom. The van der Waals surface area contributed by atoms with Gasteiger partial charge in [-0.05, 0) is 37.5 Å². The van der Waals surface area contributed by atoms with Crippen LogP contribution < -0.4 is 0 Å². The van der Waals surface area contributed by atoms with Crippen molar-refractivity contribution in [3.05, 3.63) is 33.5 Å². The lowest BCUT2D eigenvalue weighted by atomic mass is 9.89. The van der Waals surface area contributed by atoms with Crippen LogP contribution in [-0.2, 0) is 21.6 Å². The van der Waals surface area contributed by atoms with Crippen LogP contribution in [0.2, 0.25) is 5.02 Å². The Kier molecular flexibility index (Phi) is 3.39. The Hall–Kier alpha value is -2.03. The van der Waals surface area contributed by atoms with Gasteiger partial charge in [0.05, 0.1) is 34.8 Å². The smallest absolute Gasteiger partial charge is 0.306 e. The number of ether oxygens (including phenoxy) is 1. The van der Waals surface area contributed by atoms with E-state index in [1.54, 1.807) is 13.0 Å². The molecule has 2 aromatic rings. The van der Waals surface area contributed by atoms with E-state index in [1.165, 1.54) is 0 Å². The maximum absolute atomic E-state index is 11.2. The highest BCUT2D eigenvalue weighted by Gasteiger charge is 2.39. The summed E-state index contributed by atoms with van der Waals surface area (Å²) in [5, 5.41) is 19.9. The fourth-order valence-corrected chi connectivity index (χ4v) is 3.55. The molecular formula is C16H15ClN2O3. The van der Waals surface area contributed by atoms with Crippen molar-refractivity contribution < 1.29 is 14.6 Å². The number of H-pyrrole nitrogens is 1. The van der Waals surface area contributed by atoms with Gasteiger partial charge in [0.25, 0.3) is 0 Å². The van der Waals surface area contributed by atoms with E-state index in [0.717, 1.165) is 16.5 Å². The zero-order valence-electron chi connectivity index (χ0n) is 12.3. The van der Waals surface area contributed by atoms with Crippen LogP contribution in [0, 0.1) is 18.3 Å². The second-order valence-electron chi connectivity index (χ2n) is 5.79. The monoisotopic (exact) mass is 318 g/mol. The second kappa shape index (κ2) is 5.01. The first-order valence-electron chi connectivity index (χ1n) is 6.97. The highest BCUT2D eigenvalue weighted by atomic mass is 35.5. The Bertz CT molecular complexity index is 834. The number of aryl methyl sites for hydroxylation is 1. The van der Waals surface area contributed by atoms with E-state index in [9.17, 15) is 10.1 Å². The molecule has 0 spiro atoms. The first-order valence-corrected chi connectivity index (χ1v) is 7.35. The summed E-state index contributed by atoms with van der Waals surface area (Å²) in [7, 11) is 0. The van der Waals surface area contributed by atoms with Crippen LogP contribution in [0.1, 0.15) is 35.7 Å². The second-order valence-corrected chi connectivity index (χ2v) is 6.20. The molecule has 0 radical (unpaired) electrons. The number of aromatic nitrogens is 1. The summed E-state index contributed by atoms with van der Waals surface area (Å²) in [5.74, 6) is -0.934. The molecule has 2 heterocycles. The molecule has 1 aliphatic heterocycles. The third-order valence-electron chi connectivity index (χ3n) is 4.23. The number of aromatic amines is 1. The summed E-state index contributed by atoms with van der Waals surface area (Å²) >= 11 is 6.31. The average Bonchev–Trinajstić information content (AvgIpc) is 2.80. The highest BCUT2D eigenvalue weighted by molar-refractivity contribution is 6.35. The van der Waals surface area contributed by atoms with E-state index in [4.69, 9.17) is 21.4 Å². The minimum atomic E-state index is -0.942. The molecule has 1 aliphatic rings. The Labute approximate surface area is 132 Å².